The van der Waals surface area contributed by atoms with Gasteiger partial charge in [0.15, 0.2) is 6.10 Å². The Labute approximate surface area is 203 Å². The molecule has 0 radical (unpaired) electrons. The van der Waals surface area contributed by atoms with E-state index < -0.39 is 45.0 Å². The predicted octanol–water partition coefficient (Wildman–Crippen LogP) is -0.619. The molecule has 35 heavy (non-hydrogen) atoms. The lowest BCUT2D eigenvalue weighted by molar-refractivity contribution is -0.228. The molecule has 0 aliphatic heterocycles. The van der Waals surface area contributed by atoms with Crippen LogP contribution < -0.4 is 15.5 Å². The summed E-state index contributed by atoms with van der Waals surface area (Å²) in [6.07, 6.45) is -0.809. The van der Waals surface area contributed by atoms with E-state index in [-0.39, 0.29) is 70.2 Å². The number of rotatable bonds is 20. The van der Waals surface area contributed by atoms with Crippen LogP contribution in [0.3, 0.4) is 0 Å². The van der Waals surface area contributed by atoms with E-state index in [2.05, 4.69) is 19.7 Å². The van der Waals surface area contributed by atoms with Crippen molar-refractivity contribution in [1.29, 1.82) is 0 Å². The molecule has 2 atom stereocenters. The molecule has 2 N–H and O–H groups in total. The molecule has 14 nitrogen and oxygen atoms in total. The van der Waals surface area contributed by atoms with Gasteiger partial charge in [0, 0.05) is 45.7 Å². The molecule has 0 aromatic carbocycles. The molecule has 0 saturated carbocycles. The molecule has 0 aromatic heterocycles. The summed E-state index contributed by atoms with van der Waals surface area (Å²) < 4.78 is 36.0. The summed E-state index contributed by atoms with van der Waals surface area (Å²) in [5.41, 5.74) is 0. The minimum atomic E-state index is -4.80. The second-order valence-corrected chi connectivity index (χ2v) is 8.35. The summed E-state index contributed by atoms with van der Waals surface area (Å²) >= 11 is 0. The molecule has 202 valence electrons. The van der Waals surface area contributed by atoms with Gasteiger partial charge in [-0.25, -0.2) is 0 Å². The average Bonchev–Trinajstić information content (AvgIpc) is 2.84. The van der Waals surface area contributed by atoms with Gasteiger partial charge in [-0.2, -0.15) is 0 Å². The number of amides is 2. The number of nitrogens with one attached hydrogen (secondary N) is 2. The Bertz CT molecular complexity index is 746. The third-order valence-corrected chi connectivity index (χ3v) is 5.03. The molecule has 0 heterocycles. The molecule has 0 aromatic rings. The first-order valence-corrected chi connectivity index (χ1v) is 12.5. The van der Waals surface area contributed by atoms with Crippen LogP contribution in [0.2, 0.25) is 0 Å². The lowest BCUT2D eigenvalue weighted by Gasteiger charge is -2.25. The Morgan fingerprint density at radius 3 is 2.20 bits per heavy atom. The number of phosphoric ester groups is 1. The van der Waals surface area contributed by atoms with Crippen LogP contribution in [0.15, 0.2) is 0 Å². The van der Waals surface area contributed by atoms with E-state index in [1.807, 2.05) is 0 Å². The predicted molar refractivity (Wildman–Crippen MR) is 118 cm³/mol. The maximum absolute atomic E-state index is 11.9. The molecule has 2 unspecified atom stereocenters. The van der Waals surface area contributed by atoms with Gasteiger partial charge in [0.2, 0.25) is 11.8 Å². The zero-order chi connectivity index (χ0) is 26.7. The van der Waals surface area contributed by atoms with Crippen molar-refractivity contribution in [3.05, 3.63) is 0 Å². The molecule has 0 spiro atoms. The van der Waals surface area contributed by atoms with E-state index in [1.165, 1.54) is 14.0 Å². The molecule has 0 rings (SSSR count). The lowest BCUT2D eigenvalue weighted by Crippen LogP contribution is -2.32. The number of phosphoric acid groups is 1. The molecular weight excluding hydrogens is 491 g/mol. The number of ether oxygens (including phenoxy) is 3. The number of esters is 2. The van der Waals surface area contributed by atoms with Gasteiger partial charge in [0.1, 0.15) is 19.0 Å². The van der Waals surface area contributed by atoms with E-state index in [9.17, 15) is 33.4 Å². The maximum atomic E-state index is 11.9. The van der Waals surface area contributed by atoms with Crippen LogP contribution in [0.5, 0.6) is 0 Å². The molecule has 0 aliphatic carbocycles. The highest BCUT2D eigenvalue weighted by atomic mass is 31.2. The van der Waals surface area contributed by atoms with E-state index in [1.54, 1.807) is 6.92 Å². The molecule has 0 bridgehead atoms. The van der Waals surface area contributed by atoms with Crippen LogP contribution >= 0.6 is 7.82 Å². The van der Waals surface area contributed by atoms with Crippen LogP contribution in [-0.4, -0.2) is 82.3 Å². The Hall–Kier alpha value is -2.38. The van der Waals surface area contributed by atoms with Gasteiger partial charge in [-0.3, -0.25) is 28.5 Å². The minimum Gasteiger partial charge on any atom is -0.756 e. The van der Waals surface area contributed by atoms with Crippen LogP contribution in [0.25, 0.3) is 0 Å². The Morgan fingerprint density at radius 1 is 0.886 bits per heavy atom. The normalized spacial score (nSPS) is 13.3. The van der Waals surface area contributed by atoms with Crippen LogP contribution in [0.1, 0.15) is 46.0 Å². The quantitative estimate of drug-likeness (QED) is 0.116. The van der Waals surface area contributed by atoms with Gasteiger partial charge in [-0.05, 0) is 0 Å². The number of carbonyl (C=O) groups excluding carboxylic acids is 5. The topological polar surface area (TPSA) is 196 Å². The average molecular weight is 525 g/mol. The summed E-state index contributed by atoms with van der Waals surface area (Å²) in [6.45, 7) is 1.13. The van der Waals surface area contributed by atoms with Gasteiger partial charge in [-0.1, -0.05) is 13.8 Å². The highest BCUT2D eigenvalue weighted by Crippen LogP contribution is 2.38. The van der Waals surface area contributed by atoms with Crippen molar-refractivity contribution >= 4 is 37.4 Å². The van der Waals surface area contributed by atoms with E-state index in [0.717, 1.165) is 0 Å². The fraction of sp³-hybridized carbons (Fsp3) is 0.750. The van der Waals surface area contributed by atoms with Gasteiger partial charge >= 0.3 is 11.9 Å². The van der Waals surface area contributed by atoms with Crippen molar-refractivity contribution in [2.45, 2.75) is 52.1 Å². The second-order valence-electron chi connectivity index (χ2n) is 6.94. The summed E-state index contributed by atoms with van der Waals surface area (Å²) in [6, 6.07) is 0. The van der Waals surface area contributed by atoms with E-state index in [4.69, 9.17) is 14.2 Å². The molecule has 0 aliphatic rings. The summed E-state index contributed by atoms with van der Waals surface area (Å²) in [7, 11) is -3.32. The fourth-order valence-electron chi connectivity index (χ4n) is 2.14. The summed E-state index contributed by atoms with van der Waals surface area (Å²) in [5.74, 6) is -2.17. The Kier molecular flexibility index (Phi) is 17.6. The lowest BCUT2D eigenvalue weighted by atomic mass is 10.2. The van der Waals surface area contributed by atoms with Crippen molar-refractivity contribution in [3.63, 3.8) is 0 Å². The van der Waals surface area contributed by atoms with Gasteiger partial charge < -0.3 is 38.8 Å². The molecule has 0 fully saturated rings. The molecule has 2 amide bonds. The first-order valence-electron chi connectivity index (χ1n) is 11.0. The van der Waals surface area contributed by atoms with Gasteiger partial charge in [0.05, 0.1) is 19.8 Å². The summed E-state index contributed by atoms with van der Waals surface area (Å²) in [5, 5.41) is 4.76. The zero-order valence-electron chi connectivity index (χ0n) is 20.2. The fourth-order valence-corrected chi connectivity index (χ4v) is 2.88. The summed E-state index contributed by atoms with van der Waals surface area (Å²) in [4.78, 5) is 68.9. The first-order chi connectivity index (χ1) is 16.5. The van der Waals surface area contributed by atoms with Crippen molar-refractivity contribution < 1.29 is 56.7 Å². The van der Waals surface area contributed by atoms with Gasteiger partial charge in [-0.15, -0.1) is 0 Å². The molecular formula is C20H34N2O12P-. The first kappa shape index (κ1) is 32.6. The Morgan fingerprint density at radius 2 is 1.57 bits per heavy atom. The van der Waals surface area contributed by atoms with Crippen LogP contribution in [0, 0.1) is 0 Å². The highest BCUT2D eigenvalue weighted by Gasteiger charge is 2.20. The smallest absolute Gasteiger partial charge is 0.305 e. The largest absolute Gasteiger partial charge is 0.756 e. The Balaban J connectivity index is 4.13. The number of Topliss-reactive ketones (excluding diaryl/α,β-unsaturated/α-hetero) is 1. The molecule has 0 saturated heterocycles. The molecule has 15 heteroatoms. The van der Waals surface area contributed by atoms with E-state index in [0.29, 0.717) is 0 Å². The second kappa shape index (κ2) is 18.9. The number of carbonyl (C=O) groups is 5. The maximum Gasteiger partial charge on any atom is 0.305 e. The highest BCUT2D eigenvalue weighted by molar-refractivity contribution is 7.45. The SMILES string of the molecule is CCC(=O)OCC(COP(=O)([O-])OCCNC(=O)COCCC(=O)CCC(=O)NC)OC(=O)CC. The van der Waals surface area contributed by atoms with Crippen molar-refractivity contribution in [3.8, 4) is 0 Å². The monoisotopic (exact) mass is 525 g/mol. The van der Waals surface area contributed by atoms with Crippen molar-refractivity contribution in [2.75, 3.05) is 46.6 Å². The third-order valence-electron chi connectivity index (χ3n) is 4.07. The number of ketones is 1. The van der Waals surface area contributed by atoms with Crippen molar-refractivity contribution in [2.24, 2.45) is 0 Å². The van der Waals surface area contributed by atoms with Crippen molar-refractivity contribution in [1.82, 2.24) is 10.6 Å². The number of hydrogen-bond acceptors (Lipinski definition) is 12. The van der Waals surface area contributed by atoms with E-state index >= 15 is 0 Å². The van der Waals surface area contributed by atoms with Crippen LogP contribution in [-0.2, 0) is 51.8 Å². The zero-order valence-corrected chi connectivity index (χ0v) is 21.1. The van der Waals surface area contributed by atoms with Gasteiger partial charge in [0.25, 0.3) is 7.82 Å². The third kappa shape index (κ3) is 18.6. The minimum absolute atomic E-state index is 0.00254. The standard InChI is InChI=1S/C20H35N2O12P/c1-4-19(26)31-12-16(34-20(27)5-2)13-33-35(28,29)32-11-9-22-18(25)14-30-10-8-15(23)6-7-17(24)21-3/h16H,4-14H2,1-3H3,(H,21,24)(H,22,25)(H,28,29)/p-1. The van der Waals surface area contributed by atoms with Crippen LogP contribution in [0.4, 0.5) is 0 Å². The number of hydrogen-bond donors (Lipinski definition) is 2.